The first-order valence-corrected chi connectivity index (χ1v) is 11.1. The average molecular weight is 418 g/mol. The van der Waals surface area contributed by atoms with Crippen LogP contribution in [0.4, 0.5) is 5.69 Å². The summed E-state index contributed by atoms with van der Waals surface area (Å²) < 4.78 is 5.24. The number of carbonyl (C=O) groups is 1. The predicted octanol–water partition coefficient (Wildman–Crippen LogP) is 4.80. The number of piperidine rings is 1. The second-order valence-corrected chi connectivity index (χ2v) is 8.50. The van der Waals surface area contributed by atoms with Gasteiger partial charge in [0.25, 0.3) is 0 Å². The van der Waals surface area contributed by atoms with Gasteiger partial charge in [0, 0.05) is 42.7 Å². The summed E-state index contributed by atoms with van der Waals surface area (Å²) in [6, 6.07) is 21.3. The number of aromatic nitrogens is 1. The number of carbonyl (C=O) groups excluding carboxylic acids is 1. The number of likely N-dealkylation sites (tertiary alicyclic amines) is 1. The van der Waals surface area contributed by atoms with Crippen molar-refractivity contribution < 1.29 is 9.32 Å². The van der Waals surface area contributed by atoms with Crippen LogP contribution in [0.15, 0.2) is 65.2 Å². The summed E-state index contributed by atoms with van der Waals surface area (Å²) in [6.45, 7) is 5.42. The van der Waals surface area contributed by atoms with Gasteiger partial charge in [0.1, 0.15) is 5.76 Å². The van der Waals surface area contributed by atoms with E-state index in [9.17, 15) is 4.79 Å². The summed E-state index contributed by atoms with van der Waals surface area (Å²) in [5, 5.41) is 7.73. The van der Waals surface area contributed by atoms with Crippen LogP contribution in [0, 0.1) is 19.8 Å². The van der Waals surface area contributed by atoms with Crippen LogP contribution in [0.2, 0.25) is 0 Å². The lowest BCUT2D eigenvalue weighted by Gasteiger charge is -2.39. The number of nitrogens with one attached hydrogen (secondary N) is 1. The second kappa shape index (κ2) is 9.82. The zero-order valence-electron chi connectivity index (χ0n) is 18.4. The Hall–Kier alpha value is -3.08. The van der Waals surface area contributed by atoms with E-state index < -0.39 is 0 Å². The van der Waals surface area contributed by atoms with E-state index in [1.54, 1.807) is 0 Å². The lowest BCUT2D eigenvalue weighted by Crippen LogP contribution is -2.49. The molecule has 0 radical (unpaired) electrons. The average Bonchev–Trinajstić information content (AvgIpc) is 3.12. The highest BCUT2D eigenvalue weighted by atomic mass is 16.5. The Morgan fingerprint density at radius 1 is 1.10 bits per heavy atom. The Morgan fingerprint density at radius 3 is 2.48 bits per heavy atom. The number of hydrogen-bond donors (Lipinski definition) is 1. The van der Waals surface area contributed by atoms with Crippen molar-refractivity contribution in [1.82, 2.24) is 10.1 Å². The molecule has 3 aromatic rings. The third-order valence-electron chi connectivity index (χ3n) is 6.32. The second-order valence-electron chi connectivity index (χ2n) is 8.50. The van der Waals surface area contributed by atoms with Crippen LogP contribution in [0.3, 0.4) is 0 Å². The van der Waals surface area contributed by atoms with Crippen LogP contribution in [0.25, 0.3) is 0 Å². The molecular weight excluding hydrogens is 386 g/mol. The van der Waals surface area contributed by atoms with Gasteiger partial charge in [-0.3, -0.25) is 4.79 Å². The van der Waals surface area contributed by atoms with E-state index in [0.717, 1.165) is 48.6 Å². The normalized spacial score (nSPS) is 18.7. The molecule has 31 heavy (non-hydrogen) atoms. The van der Waals surface area contributed by atoms with Gasteiger partial charge in [-0.05, 0) is 50.8 Å². The van der Waals surface area contributed by atoms with Crippen molar-refractivity contribution in [3.8, 4) is 0 Å². The number of aryl methyl sites for hydroxylation is 2. The molecule has 1 aliphatic rings. The van der Waals surface area contributed by atoms with E-state index in [1.807, 2.05) is 19.9 Å². The van der Waals surface area contributed by atoms with Crippen molar-refractivity contribution in [3.05, 3.63) is 83.2 Å². The molecule has 2 aromatic carbocycles. The summed E-state index contributed by atoms with van der Waals surface area (Å²) in [5.74, 6) is 1.40. The SMILES string of the molecule is Cc1noc(C)c1CCC(=O)N1CC[C@@H](Nc2ccccc2)[C@@H](Cc2ccccc2)C1. The molecule has 0 spiro atoms. The van der Waals surface area contributed by atoms with Crippen molar-refractivity contribution in [2.45, 2.75) is 45.6 Å². The van der Waals surface area contributed by atoms with Gasteiger partial charge >= 0.3 is 0 Å². The van der Waals surface area contributed by atoms with Gasteiger partial charge in [-0.2, -0.15) is 0 Å². The topological polar surface area (TPSA) is 58.4 Å². The maximum atomic E-state index is 13.0. The van der Waals surface area contributed by atoms with Gasteiger partial charge in [0.2, 0.25) is 5.91 Å². The fourth-order valence-corrected chi connectivity index (χ4v) is 4.57. The standard InChI is InChI=1S/C26H31N3O2/c1-19-24(20(2)31-28-19)13-14-26(30)29-16-15-25(27-23-11-7-4-8-12-23)22(18-29)17-21-9-5-3-6-10-21/h3-12,22,25,27H,13-18H2,1-2H3/t22-,25+/m0/s1. The Kier molecular flexibility index (Phi) is 6.70. The van der Waals surface area contributed by atoms with E-state index in [0.29, 0.717) is 24.8 Å². The lowest BCUT2D eigenvalue weighted by atomic mass is 9.86. The van der Waals surface area contributed by atoms with Crippen LogP contribution in [0.5, 0.6) is 0 Å². The number of nitrogens with zero attached hydrogens (tertiary/aromatic N) is 2. The Balaban J connectivity index is 1.43. The van der Waals surface area contributed by atoms with Gasteiger partial charge in [-0.15, -0.1) is 0 Å². The molecule has 0 aliphatic carbocycles. The molecule has 1 saturated heterocycles. The number of amides is 1. The summed E-state index contributed by atoms with van der Waals surface area (Å²) >= 11 is 0. The highest BCUT2D eigenvalue weighted by Crippen LogP contribution is 2.26. The zero-order valence-corrected chi connectivity index (χ0v) is 18.4. The first kappa shape index (κ1) is 21.2. The van der Waals surface area contributed by atoms with Gasteiger partial charge in [0.05, 0.1) is 5.69 Å². The summed E-state index contributed by atoms with van der Waals surface area (Å²) in [6.07, 6.45) is 3.09. The Labute approximate surface area is 184 Å². The van der Waals surface area contributed by atoms with Gasteiger partial charge in [0.15, 0.2) is 0 Å². The van der Waals surface area contributed by atoms with E-state index in [4.69, 9.17) is 4.52 Å². The van der Waals surface area contributed by atoms with E-state index in [2.05, 4.69) is 70.0 Å². The van der Waals surface area contributed by atoms with Crippen LogP contribution < -0.4 is 5.32 Å². The summed E-state index contributed by atoms with van der Waals surface area (Å²) in [7, 11) is 0. The molecule has 1 aromatic heterocycles. The van der Waals surface area contributed by atoms with Crippen molar-refractivity contribution in [3.63, 3.8) is 0 Å². The van der Waals surface area contributed by atoms with E-state index >= 15 is 0 Å². The van der Waals surface area contributed by atoms with Crippen LogP contribution >= 0.6 is 0 Å². The molecule has 2 atom stereocenters. The smallest absolute Gasteiger partial charge is 0.222 e. The van der Waals surface area contributed by atoms with Crippen LogP contribution in [-0.4, -0.2) is 35.1 Å². The quantitative estimate of drug-likeness (QED) is 0.600. The molecule has 162 valence electrons. The summed E-state index contributed by atoms with van der Waals surface area (Å²) in [5.41, 5.74) is 4.41. The molecule has 0 bridgehead atoms. The van der Waals surface area contributed by atoms with E-state index in [1.165, 1.54) is 5.56 Å². The Bertz CT molecular complexity index is 965. The highest BCUT2D eigenvalue weighted by Gasteiger charge is 2.31. The molecule has 5 heteroatoms. The minimum Gasteiger partial charge on any atom is -0.382 e. The van der Waals surface area contributed by atoms with Crippen molar-refractivity contribution in [2.24, 2.45) is 5.92 Å². The van der Waals surface area contributed by atoms with Gasteiger partial charge < -0.3 is 14.7 Å². The number of rotatable bonds is 7. The van der Waals surface area contributed by atoms with Crippen LogP contribution in [-0.2, 0) is 17.6 Å². The fraction of sp³-hybridized carbons (Fsp3) is 0.385. The minimum absolute atomic E-state index is 0.219. The monoisotopic (exact) mass is 417 g/mol. The molecule has 4 rings (SSSR count). The zero-order chi connectivity index (χ0) is 21.6. The molecule has 1 fully saturated rings. The predicted molar refractivity (Wildman–Crippen MR) is 123 cm³/mol. The van der Waals surface area contributed by atoms with Crippen molar-refractivity contribution in [1.29, 1.82) is 0 Å². The maximum Gasteiger partial charge on any atom is 0.222 e. The highest BCUT2D eigenvalue weighted by molar-refractivity contribution is 5.76. The largest absolute Gasteiger partial charge is 0.382 e. The van der Waals surface area contributed by atoms with Gasteiger partial charge in [-0.25, -0.2) is 0 Å². The molecule has 2 heterocycles. The van der Waals surface area contributed by atoms with Crippen LogP contribution in [0.1, 0.15) is 35.4 Å². The molecule has 5 nitrogen and oxygen atoms in total. The summed E-state index contributed by atoms with van der Waals surface area (Å²) in [4.78, 5) is 15.1. The molecule has 0 saturated carbocycles. The molecule has 1 N–H and O–H groups in total. The first-order chi connectivity index (χ1) is 15.1. The fourth-order valence-electron chi connectivity index (χ4n) is 4.57. The number of para-hydroxylation sites is 1. The van der Waals surface area contributed by atoms with Crippen molar-refractivity contribution in [2.75, 3.05) is 18.4 Å². The Morgan fingerprint density at radius 2 is 1.81 bits per heavy atom. The number of benzene rings is 2. The molecule has 1 amide bonds. The van der Waals surface area contributed by atoms with Gasteiger partial charge in [-0.1, -0.05) is 53.7 Å². The molecular formula is C26H31N3O2. The lowest BCUT2D eigenvalue weighted by molar-refractivity contribution is -0.133. The minimum atomic E-state index is 0.219. The third-order valence-corrected chi connectivity index (χ3v) is 6.32. The third kappa shape index (κ3) is 5.35. The van der Waals surface area contributed by atoms with E-state index in [-0.39, 0.29) is 5.91 Å². The molecule has 0 unspecified atom stereocenters. The van der Waals surface area contributed by atoms with Crippen molar-refractivity contribution >= 4 is 11.6 Å². The first-order valence-electron chi connectivity index (χ1n) is 11.1. The maximum absolute atomic E-state index is 13.0. The number of hydrogen-bond acceptors (Lipinski definition) is 4. The number of anilines is 1. The molecule has 1 aliphatic heterocycles.